The second-order valence-electron chi connectivity index (χ2n) is 3.18. The monoisotopic (exact) mass is 221 g/mol. The predicted molar refractivity (Wildman–Crippen MR) is 48.6 cm³/mol. The van der Waals surface area contributed by atoms with Gasteiger partial charge in [-0.3, -0.25) is 0 Å². The highest BCUT2D eigenvalue weighted by molar-refractivity contribution is 5.02. The van der Waals surface area contributed by atoms with Crippen LogP contribution < -0.4 is 5.32 Å². The second-order valence-corrected chi connectivity index (χ2v) is 3.18. The third kappa shape index (κ3) is 3.94. The first-order valence-corrected chi connectivity index (χ1v) is 4.46. The zero-order chi connectivity index (χ0) is 11.3. The molecule has 6 heteroatoms. The third-order valence-electron chi connectivity index (χ3n) is 1.82. The highest BCUT2D eigenvalue weighted by Crippen LogP contribution is 2.13. The van der Waals surface area contributed by atoms with Gasteiger partial charge < -0.3 is 19.9 Å². The number of aliphatic hydroxyl groups excluding tert-OH is 2. The molecule has 0 fully saturated rings. The van der Waals surface area contributed by atoms with Crippen LogP contribution in [0.25, 0.3) is 0 Å². The Labute approximate surface area is 85.5 Å². The molecule has 0 spiro atoms. The van der Waals surface area contributed by atoms with Crippen LogP contribution in [-0.2, 0) is 0 Å². The van der Waals surface area contributed by atoms with Gasteiger partial charge in [0.15, 0.2) is 0 Å². The number of furan rings is 1. The number of halogens is 2. The van der Waals surface area contributed by atoms with E-state index >= 15 is 0 Å². The standard InChI is InChI=1S/C9H13F2NO3/c10-9(11,6-13)5-12-4-7(14)8-2-1-3-15-8/h1-3,7,12-14H,4-6H2. The van der Waals surface area contributed by atoms with E-state index in [1.165, 1.54) is 6.26 Å². The van der Waals surface area contributed by atoms with Crippen LogP contribution in [0, 0.1) is 0 Å². The average Bonchev–Trinajstić information content (AvgIpc) is 2.70. The first kappa shape index (κ1) is 12.1. The summed E-state index contributed by atoms with van der Waals surface area (Å²) in [5.74, 6) is -2.85. The zero-order valence-electron chi connectivity index (χ0n) is 7.99. The summed E-state index contributed by atoms with van der Waals surface area (Å²) in [5.41, 5.74) is 0. The van der Waals surface area contributed by atoms with E-state index in [-0.39, 0.29) is 6.54 Å². The maximum Gasteiger partial charge on any atom is 0.282 e. The van der Waals surface area contributed by atoms with Crippen molar-refractivity contribution >= 4 is 0 Å². The number of rotatable bonds is 6. The molecule has 3 N–H and O–H groups in total. The van der Waals surface area contributed by atoms with Crippen molar-refractivity contribution < 1.29 is 23.4 Å². The molecular weight excluding hydrogens is 208 g/mol. The number of hydrogen-bond donors (Lipinski definition) is 3. The van der Waals surface area contributed by atoms with Crippen molar-refractivity contribution in [2.75, 3.05) is 19.7 Å². The Kier molecular flexibility index (Phi) is 4.19. The summed E-state index contributed by atoms with van der Waals surface area (Å²) >= 11 is 0. The van der Waals surface area contributed by atoms with Gasteiger partial charge in [0.2, 0.25) is 0 Å². The van der Waals surface area contributed by atoms with E-state index in [0.29, 0.717) is 5.76 Å². The first-order valence-electron chi connectivity index (χ1n) is 4.46. The van der Waals surface area contributed by atoms with Gasteiger partial charge in [0.05, 0.1) is 12.8 Å². The van der Waals surface area contributed by atoms with E-state index in [2.05, 4.69) is 5.32 Å². The summed E-state index contributed by atoms with van der Waals surface area (Å²) in [6.45, 7) is -1.94. The van der Waals surface area contributed by atoms with Crippen molar-refractivity contribution in [2.24, 2.45) is 0 Å². The molecule has 0 radical (unpaired) electrons. The van der Waals surface area contributed by atoms with Gasteiger partial charge in [-0.25, -0.2) is 8.78 Å². The Morgan fingerprint density at radius 2 is 2.27 bits per heavy atom. The van der Waals surface area contributed by atoms with Gasteiger partial charge in [-0.1, -0.05) is 0 Å². The van der Waals surface area contributed by atoms with E-state index < -0.39 is 25.2 Å². The van der Waals surface area contributed by atoms with Gasteiger partial charge in [0.1, 0.15) is 18.5 Å². The van der Waals surface area contributed by atoms with Gasteiger partial charge in [-0.05, 0) is 12.1 Å². The van der Waals surface area contributed by atoms with Gasteiger partial charge in [0.25, 0.3) is 5.92 Å². The quantitative estimate of drug-likeness (QED) is 0.655. The Bertz CT molecular complexity index is 277. The fourth-order valence-electron chi connectivity index (χ4n) is 1.03. The molecule has 0 aliphatic carbocycles. The zero-order valence-corrected chi connectivity index (χ0v) is 7.99. The molecule has 15 heavy (non-hydrogen) atoms. The predicted octanol–water partition coefficient (Wildman–Crippen LogP) is 0.530. The molecule has 0 aliphatic rings. The summed E-state index contributed by atoms with van der Waals surface area (Å²) < 4.78 is 29.9. The molecule has 4 nitrogen and oxygen atoms in total. The van der Waals surface area contributed by atoms with Crippen LogP contribution in [0.5, 0.6) is 0 Å². The Balaban J connectivity index is 2.26. The lowest BCUT2D eigenvalue weighted by Crippen LogP contribution is -2.37. The van der Waals surface area contributed by atoms with Gasteiger partial charge in [-0.15, -0.1) is 0 Å². The fraction of sp³-hybridized carbons (Fsp3) is 0.556. The maximum absolute atomic E-state index is 12.5. The van der Waals surface area contributed by atoms with E-state index in [1.807, 2.05) is 0 Å². The summed E-state index contributed by atoms with van der Waals surface area (Å²) in [4.78, 5) is 0. The van der Waals surface area contributed by atoms with E-state index in [9.17, 15) is 13.9 Å². The lowest BCUT2D eigenvalue weighted by molar-refractivity contribution is -0.0491. The van der Waals surface area contributed by atoms with Gasteiger partial charge >= 0.3 is 0 Å². The summed E-state index contributed by atoms with van der Waals surface area (Å²) in [6.07, 6.45) is 0.426. The van der Waals surface area contributed by atoms with Crippen molar-refractivity contribution in [3.8, 4) is 0 Å². The molecule has 0 amide bonds. The third-order valence-corrected chi connectivity index (χ3v) is 1.82. The summed E-state index contributed by atoms with van der Waals surface area (Å²) in [6, 6.07) is 3.15. The molecule has 0 aliphatic heterocycles. The fourth-order valence-corrected chi connectivity index (χ4v) is 1.03. The largest absolute Gasteiger partial charge is 0.467 e. The van der Waals surface area contributed by atoms with Gasteiger partial charge in [-0.2, -0.15) is 0 Å². The summed E-state index contributed by atoms with van der Waals surface area (Å²) in [5, 5.41) is 20.0. The maximum atomic E-state index is 12.5. The number of alkyl halides is 2. The molecule has 86 valence electrons. The molecule has 1 atom stereocenters. The van der Waals surface area contributed by atoms with Crippen LogP contribution >= 0.6 is 0 Å². The number of hydrogen-bond acceptors (Lipinski definition) is 4. The minimum Gasteiger partial charge on any atom is -0.467 e. The minimum absolute atomic E-state index is 0.0525. The van der Waals surface area contributed by atoms with Crippen LogP contribution in [0.15, 0.2) is 22.8 Å². The van der Waals surface area contributed by atoms with Crippen molar-refractivity contribution in [1.82, 2.24) is 5.32 Å². The molecule has 1 aromatic rings. The Morgan fingerprint density at radius 3 is 2.80 bits per heavy atom. The first-order chi connectivity index (χ1) is 7.05. The van der Waals surface area contributed by atoms with E-state index in [0.717, 1.165) is 0 Å². The van der Waals surface area contributed by atoms with E-state index in [1.54, 1.807) is 12.1 Å². The van der Waals surface area contributed by atoms with Crippen LogP contribution in [-0.4, -0.2) is 35.8 Å². The molecule has 0 saturated heterocycles. The molecule has 1 rings (SSSR count). The molecular formula is C9H13F2NO3. The van der Waals surface area contributed by atoms with Crippen LogP contribution in [0.1, 0.15) is 11.9 Å². The second kappa shape index (κ2) is 5.20. The molecule has 0 bridgehead atoms. The Hall–Kier alpha value is -0.980. The smallest absolute Gasteiger partial charge is 0.282 e. The number of nitrogens with one attached hydrogen (secondary N) is 1. The number of aliphatic hydroxyl groups is 2. The minimum atomic E-state index is -3.16. The van der Waals surface area contributed by atoms with Gasteiger partial charge in [0, 0.05) is 6.54 Å². The molecule has 1 aromatic heterocycles. The van der Waals surface area contributed by atoms with Crippen molar-refractivity contribution in [1.29, 1.82) is 0 Å². The highest BCUT2D eigenvalue weighted by atomic mass is 19.3. The molecule has 1 heterocycles. The van der Waals surface area contributed by atoms with E-state index in [4.69, 9.17) is 9.52 Å². The Morgan fingerprint density at radius 1 is 1.53 bits per heavy atom. The highest BCUT2D eigenvalue weighted by Gasteiger charge is 2.27. The van der Waals surface area contributed by atoms with Crippen molar-refractivity contribution in [2.45, 2.75) is 12.0 Å². The summed E-state index contributed by atoms with van der Waals surface area (Å²) in [7, 11) is 0. The SMILES string of the molecule is OCC(F)(F)CNCC(O)c1ccco1. The van der Waals surface area contributed by atoms with Crippen molar-refractivity contribution in [3.05, 3.63) is 24.2 Å². The van der Waals surface area contributed by atoms with Crippen molar-refractivity contribution in [3.63, 3.8) is 0 Å². The molecule has 0 saturated carbocycles. The van der Waals surface area contributed by atoms with Crippen LogP contribution in [0.4, 0.5) is 8.78 Å². The lowest BCUT2D eigenvalue weighted by atomic mass is 10.2. The van der Waals surface area contributed by atoms with Crippen LogP contribution in [0.3, 0.4) is 0 Å². The normalized spacial score (nSPS) is 14.1. The molecule has 1 unspecified atom stereocenters. The molecule has 0 aromatic carbocycles. The topological polar surface area (TPSA) is 65.6 Å². The average molecular weight is 221 g/mol. The van der Waals surface area contributed by atoms with Crippen LogP contribution in [0.2, 0.25) is 0 Å². The lowest BCUT2D eigenvalue weighted by Gasteiger charge is -2.15.